The summed E-state index contributed by atoms with van der Waals surface area (Å²) in [7, 11) is -4.45. The first-order chi connectivity index (χ1) is 6.15. The molecule has 3 N–H and O–H groups in total. The van der Waals surface area contributed by atoms with Crippen LogP contribution in [0.25, 0.3) is 0 Å². The molecule has 0 rings (SSSR count). The molecule has 0 unspecified atom stereocenters. The Morgan fingerprint density at radius 3 is 2.29 bits per heavy atom. The average molecular weight is 223 g/mol. The van der Waals surface area contributed by atoms with Crippen molar-refractivity contribution < 1.29 is 30.0 Å². The maximum Gasteiger partial charge on any atom is 0.132 e. The highest BCUT2D eigenvalue weighted by Crippen LogP contribution is 2.25. The van der Waals surface area contributed by atoms with Gasteiger partial charge in [-0.25, -0.2) is 0 Å². The Balaban J connectivity index is 3.76. The maximum absolute atomic E-state index is 10.5. The Morgan fingerprint density at radius 2 is 1.93 bits per heavy atom. The predicted molar refractivity (Wildman–Crippen MR) is 42.6 cm³/mol. The lowest BCUT2D eigenvalue weighted by molar-refractivity contribution is -0.482. The topological polar surface area (TPSA) is 131 Å². The fraction of sp³-hybridized carbons (Fsp3) is 0.857. The van der Waals surface area contributed by atoms with Gasteiger partial charge in [0.15, 0.2) is 0 Å². The lowest BCUT2D eigenvalue weighted by Crippen LogP contribution is -2.77. The minimum Gasteiger partial charge on any atom is -0.811 e. The lowest BCUT2D eigenvalue weighted by atomic mass is 9.97. The van der Waals surface area contributed by atoms with E-state index in [0.717, 1.165) is 0 Å². The molecule has 7 heteroatoms. The monoisotopic (exact) mass is 223 g/mol. The molecule has 84 valence electrons. The molecule has 0 aliphatic rings. The van der Waals surface area contributed by atoms with Crippen LogP contribution in [0.2, 0.25) is 0 Å². The molecule has 0 amide bonds. The minimum absolute atomic E-state index is 0.169. The zero-order valence-electron chi connectivity index (χ0n) is 8.02. The number of hydrogen-bond donors (Lipinski definition) is 1. The van der Waals surface area contributed by atoms with Gasteiger partial charge in [-0.1, -0.05) is 7.60 Å². The van der Waals surface area contributed by atoms with Crippen LogP contribution in [0.5, 0.6) is 0 Å². The Labute approximate surface area is 82.3 Å². The van der Waals surface area contributed by atoms with Crippen LogP contribution in [0.1, 0.15) is 26.2 Å². The zero-order valence-corrected chi connectivity index (χ0v) is 8.92. The molecule has 0 radical (unpaired) electrons. The number of aliphatic carboxylic acids is 1. The Hall–Kier alpha value is -0.420. The van der Waals surface area contributed by atoms with Crippen LogP contribution in [-0.2, 0) is 9.36 Å². The van der Waals surface area contributed by atoms with Crippen molar-refractivity contribution in [2.45, 2.75) is 31.7 Å². The second kappa shape index (κ2) is 4.89. The largest absolute Gasteiger partial charge is 0.811 e. The quantitative estimate of drug-likeness (QED) is 0.374. The van der Waals surface area contributed by atoms with Gasteiger partial charge in [-0.3, -0.25) is 0 Å². The van der Waals surface area contributed by atoms with Crippen LogP contribution in [0.3, 0.4) is 0 Å². The van der Waals surface area contributed by atoms with Crippen LogP contribution < -0.4 is 20.6 Å². The van der Waals surface area contributed by atoms with E-state index < -0.39 is 25.3 Å². The lowest BCUT2D eigenvalue weighted by Gasteiger charge is -2.29. The van der Waals surface area contributed by atoms with Crippen LogP contribution >= 0.6 is 7.60 Å². The SMILES string of the molecule is C[C@]([NH3+])(CCCCP(=O)([O-])[O-])C(=O)[O-]. The highest BCUT2D eigenvalue weighted by molar-refractivity contribution is 7.48. The summed E-state index contributed by atoms with van der Waals surface area (Å²) in [5.41, 5.74) is 2.20. The highest BCUT2D eigenvalue weighted by atomic mass is 31.2. The van der Waals surface area contributed by atoms with Gasteiger partial charge in [0.2, 0.25) is 0 Å². The summed E-state index contributed by atoms with van der Waals surface area (Å²) in [6.07, 6.45) is 0.274. The fourth-order valence-corrected chi connectivity index (χ4v) is 1.53. The third-order valence-electron chi connectivity index (χ3n) is 1.90. The van der Waals surface area contributed by atoms with Gasteiger partial charge < -0.3 is 30.0 Å². The molecule has 0 aromatic heterocycles. The third kappa shape index (κ3) is 6.10. The molecule has 0 spiro atoms. The van der Waals surface area contributed by atoms with Crippen molar-refractivity contribution in [1.29, 1.82) is 0 Å². The van der Waals surface area contributed by atoms with Gasteiger partial charge in [-0.05, 0) is 25.9 Å². The summed E-state index contributed by atoms with van der Waals surface area (Å²) in [6, 6.07) is 0. The van der Waals surface area contributed by atoms with Gasteiger partial charge in [0.1, 0.15) is 11.5 Å². The fourth-order valence-electron chi connectivity index (χ4n) is 0.923. The van der Waals surface area contributed by atoms with E-state index in [-0.39, 0.29) is 12.8 Å². The van der Waals surface area contributed by atoms with Crippen molar-refractivity contribution in [3.8, 4) is 0 Å². The Morgan fingerprint density at radius 1 is 1.43 bits per heavy atom. The molecule has 14 heavy (non-hydrogen) atoms. The number of quaternary nitrogens is 1. The maximum atomic E-state index is 10.5. The van der Waals surface area contributed by atoms with Crippen molar-refractivity contribution in [3.63, 3.8) is 0 Å². The molecule has 0 bridgehead atoms. The van der Waals surface area contributed by atoms with Gasteiger partial charge in [-0.2, -0.15) is 0 Å². The first-order valence-electron chi connectivity index (χ1n) is 4.23. The van der Waals surface area contributed by atoms with Gasteiger partial charge >= 0.3 is 0 Å². The number of carbonyl (C=O) groups excluding carboxylic acids is 1. The number of carbonyl (C=O) groups is 1. The van der Waals surface area contributed by atoms with E-state index >= 15 is 0 Å². The summed E-state index contributed by atoms with van der Waals surface area (Å²) in [5.74, 6) is -1.27. The Bertz CT molecular complexity index is 246. The van der Waals surface area contributed by atoms with Crippen molar-refractivity contribution >= 4 is 13.6 Å². The molecular formula is C7H14NO5P-2. The number of hydrogen-bond acceptors (Lipinski definition) is 5. The van der Waals surface area contributed by atoms with Gasteiger partial charge in [-0.15, -0.1) is 0 Å². The summed E-state index contributed by atoms with van der Waals surface area (Å²) in [5, 5.41) is 10.5. The standard InChI is InChI=1S/C7H16NO5P/c1-7(8,6(9)10)4-2-3-5-14(11,12)13/h2-5,8H2,1H3,(H,9,10)(H2,11,12,13)/p-2/t7-/m0/s1. The van der Waals surface area contributed by atoms with Crippen LogP contribution in [0.15, 0.2) is 0 Å². The zero-order chi connectivity index (χ0) is 11.4. The molecule has 0 saturated heterocycles. The second-order valence-electron chi connectivity index (χ2n) is 3.64. The predicted octanol–water partition coefficient (Wildman–Crippen LogP) is -3.18. The number of rotatable bonds is 6. The van der Waals surface area contributed by atoms with E-state index in [1.807, 2.05) is 0 Å². The van der Waals surface area contributed by atoms with E-state index in [0.29, 0.717) is 6.42 Å². The van der Waals surface area contributed by atoms with Gasteiger partial charge in [0.05, 0.1) is 0 Å². The summed E-state index contributed by atoms with van der Waals surface area (Å²) < 4.78 is 10.2. The molecule has 0 aliphatic heterocycles. The van der Waals surface area contributed by atoms with Crippen LogP contribution in [0.4, 0.5) is 0 Å². The van der Waals surface area contributed by atoms with Crippen molar-refractivity contribution in [1.82, 2.24) is 0 Å². The van der Waals surface area contributed by atoms with E-state index in [2.05, 4.69) is 5.73 Å². The molecule has 0 heterocycles. The van der Waals surface area contributed by atoms with Crippen LogP contribution in [-0.4, -0.2) is 17.7 Å². The van der Waals surface area contributed by atoms with Crippen molar-refractivity contribution in [2.24, 2.45) is 0 Å². The smallest absolute Gasteiger partial charge is 0.132 e. The van der Waals surface area contributed by atoms with Crippen LogP contribution in [0, 0.1) is 0 Å². The van der Waals surface area contributed by atoms with E-state index in [1.54, 1.807) is 0 Å². The first-order valence-corrected chi connectivity index (χ1v) is 5.96. The second-order valence-corrected chi connectivity index (χ2v) is 5.31. The number of carboxylic acids is 1. The molecule has 6 nitrogen and oxygen atoms in total. The number of carboxylic acid groups (broad SMARTS) is 1. The Kier molecular flexibility index (Phi) is 4.74. The van der Waals surface area contributed by atoms with Gasteiger partial charge in [0, 0.05) is 6.42 Å². The first kappa shape index (κ1) is 13.6. The molecule has 0 aliphatic carbocycles. The molecule has 0 fully saturated rings. The molecule has 0 aromatic rings. The van der Waals surface area contributed by atoms with Crippen molar-refractivity contribution in [2.75, 3.05) is 6.16 Å². The normalized spacial score (nSPS) is 16.3. The van der Waals surface area contributed by atoms with E-state index in [9.17, 15) is 24.3 Å². The van der Waals surface area contributed by atoms with Gasteiger partial charge in [0.25, 0.3) is 0 Å². The molecular weight excluding hydrogens is 209 g/mol. The molecule has 0 saturated carbocycles. The summed E-state index contributed by atoms with van der Waals surface area (Å²) in [6.45, 7) is 1.40. The third-order valence-corrected chi connectivity index (χ3v) is 2.77. The van der Waals surface area contributed by atoms with E-state index in [4.69, 9.17) is 0 Å². The summed E-state index contributed by atoms with van der Waals surface area (Å²) >= 11 is 0. The highest BCUT2D eigenvalue weighted by Gasteiger charge is 2.23. The van der Waals surface area contributed by atoms with Crippen molar-refractivity contribution in [3.05, 3.63) is 0 Å². The summed E-state index contributed by atoms with van der Waals surface area (Å²) in [4.78, 5) is 30.9. The van der Waals surface area contributed by atoms with E-state index in [1.165, 1.54) is 6.92 Å². The minimum atomic E-state index is -4.45. The average Bonchev–Trinajstić information content (AvgIpc) is 1.96. The molecule has 1 atom stereocenters. The molecule has 0 aromatic carbocycles. The number of unbranched alkanes of at least 4 members (excludes halogenated alkanes) is 1.